The zero-order chi connectivity index (χ0) is 13.5. The number of rotatable bonds is 9. The van der Waals surface area contributed by atoms with Crippen LogP contribution < -0.4 is 11.1 Å². The fourth-order valence-electron chi connectivity index (χ4n) is 1.28. The topological polar surface area (TPSA) is 113 Å². The first-order valence-electron chi connectivity index (χ1n) is 5.43. The van der Waals surface area contributed by atoms with Crippen molar-refractivity contribution in [3.63, 3.8) is 0 Å². The average molecular weight is 267 g/mol. The van der Waals surface area contributed by atoms with Crippen molar-refractivity contribution in [2.45, 2.75) is 19.4 Å². The van der Waals surface area contributed by atoms with Gasteiger partial charge in [-0.1, -0.05) is 6.92 Å². The predicted octanol–water partition coefficient (Wildman–Crippen LogP) is -1.34. The Hall–Kier alpha value is -0.700. The molecule has 102 valence electrons. The molecule has 1 unspecified atom stereocenters. The van der Waals surface area contributed by atoms with Gasteiger partial charge in [0.15, 0.2) is 0 Å². The highest BCUT2D eigenvalue weighted by Gasteiger charge is 2.13. The summed E-state index contributed by atoms with van der Waals surface area (Å²) < 4.78 is 23.8. The van der Waals surface area contributed by atoms with Crippen molar-refractivity contribution >= 4 is 16.0 Å². The standard InChI is InChI=1S/C9H21N3O4S/c1-3-12(17(2,15)16)6-4-5-11-7-8(10)9(13)14/h8,11H,3-7,10H2,1-2H3,(H,13,14). The van der Waals surface area contributed by atoms with Gasteiger partial charge in [0.25, 0.3) is 0 Å². The maximum Gasteiger partial charge on any atom is 0.321 e. The van der Waals surface area contributed by atoms with Crippen molar-refractivity contribution < 1.29 is 18.3 Å². The Kier molecular flexibility index (Phi) is 7.28. The van der Waals surface area contributed by atoms with Crippen LogP contribution in [0.1, 0.15) is 13.3 Å². The number of carboxylic acid groups (broad SMARTS) is 1. The number of sulfonamides is 1. The summed E-state index contributed by atoms with van der Waals surface area (Å²) in [4.78, 5) is 10.4. The summed E-state index contributed by atoms with van der Waals surface area (Å²) in [6, 6.07) is -0.924. The molecule has 0 fully saturated rings. The van der Waals surface area contributed by atoms with Gasteiger partial charge in [0.05, 0.1) is 6.26 Å². The van der Waals surface area contributed by atoms with Crippen molar-refractivity contribution in [2.75, 3.05) is 32.4 Å². The van der Waals surface area contributed by atoms with E-state index < -0.39 is 22.0 Å². The molecule has 0 aromatic heterocycles. The second kappa shape index (κ2) is 7.59. The van der Waals surface area contributed by atoms with Crippen LogP contribution >= 0.6 is 0 Å². The van der Waals surface area contributed by atoms with Crippen molar-refractivity contribution in [1.29, 1.82) is 0 Å². The molecule has 0 saturated carbocycles. The molecular weight excluding hydrogens is 246 g/mol. The first-order chi connectivity index (χ1) is 7.79. The maximum absolute atomic E-state index is 11.2. The highest BCUT2D eigenvalue weighted by Crippen LogP contribution is 1.97. The van der Waals surface area contributed by atoms with Gasteiger partial charge >= 0.3 is 5.97 Å². The summed E-state index contributed by atoms with van der Waals surface area (Å²) in [7, 11) is -3.15. The van der Waals surface area contributed by atoms with Crippen LogP contribution in [0.2, 0.25) is 0 Å². The van der Waals surface area contributed by atoms with Crippen LogP contribution in [-0.4, -0.2) is 62.3 Å². The fraction of sp³-hybridized carbons (Fsp3) is 0.889. The number of hydrogen-bond donors (Lipinski definition) is 3. The van der Waals surface area contributed by atoms with Crippen molar-refractivity contribution in [3.8, 4) is 0 Å². The monoisotopic (exact) mass is 267 g/mol. The number of nitrogens with one attached hydrogen (secondary N) is 1. The maximum atomic E-state index is 11.2. The Labute approximate surface area is 102 Å². The Bertz CT molecular complexity index is 331. The average Bonchev–Trinajstić information content (AvgIpc) is 2.20. The molecule has 0 aromatic carbocycles. The summed E-state index contributed by atoms with van der Waals surface area (Å²) in [6.45, 7) is 3.35. The minimum Gasteiger partial charge on any atom is -0.480 e. The Morgan fingerprint density at radius 1 is 1.53 bits per heavy atom. The third kappa shape index (κ3) is 7.27. The number of hydrogen-bond acceptors (Lipinski definition) is 5. The van der Waals surface area contributed by atoms with Crippen LogP contribution in [0.3, 0.4) is 0 Å². The van der Waals surface area contributed by atoms with E-state index in [1.54, 1.807) is 6.92 Å². The minimum absolute atomic E-state index is 0.181. The van der Waals surface area contributed by atoms with Gasteiger partial charge in [0.1, 0.15) is 6.04 Å². The zero-order valence-corrected chi connectivity index (χ0v) is 11.0. The number of nitrogens with two attached hydrogens (primary N) is 1. The van der Waals surface area contributed by atoms with Crippen LogP contribution in [0.15, 0.2) is 0 Å². The van der Waals surface area contributed by atoms with E-state index in [-0.39, 0.29) is 6.54 Å². The summed E-state index contributed by atoms with van der Waals surface area (Å²) >= 11 is 0. The summed E-state index contributed by atoms with van der Waals surface area (Å²) in [5, 5.41) is 11.4. The lowest BCUT2D eigenvalue weighted by molar-refractivity contribution is -0.138. The fourth-order valence-corrected chi connectivity index (χ4v) is 2.21. The largest absolute Gasteiger partial charge is 0.480 e. The van der Waals surface area contributed by atoms with E-state index in [9.17, 15) is 13.2 Å². The van der Waals surface area contributed by atoms with Crippen LogP contribution in [0.4, 0.5) is 0 Å². The summed E-state index contributed by atoms with van der Waals surface area (Å²) in [6.07, 6.45) is 1.79. The molecule has 0 aliphatic rings. The van der Waals surface area contributed by atoms with E-state index in [1.165, 1.54) is 10.6 Å². The van der Waals surface area contributed by atoms with E-state index in [2.05, 4.69) is 5.32 Å². The molecule has 0 radical (unpaired) electrons. The second-order valence-corrected chi connectivity index (χ2v) is 5.74. The molecule has 0 amide bonds. The van der Waals surface area contributed by atoms with Crippen molar-refractivity contribution in [2.24, 2.45) is 5.73 Å². The van der Waals surface area contributed by atoms with Gasteiger partial charge in [-0.05, 0) is 13.0 Å². The van der Waals surface area contributed by atoms with Crippen LogP contribution in [0.25, 0.3) is 0 Å². The van der Waals surface area contributed by atoms with Crippen molar-refractivity contribution in [1.82, 2.24) is 9.62 Å². The molecule has 0 aromatic rings. The predicted molar refractivity (Wildman–Crippen MR) is 65.2 cm³/mol. The molecule has 0 bridgehead atoms. The molecule has 0 spiro atoms. The summed E-state index contributed by atoms with van der Waals surface area (Å²) in [5.41, 5.74) is 5.29. The Morgan fingerprint density at radius 3 is 2.53 bits per heavy atom. The smallest absolute Gasteiger partial charge is 0.321 e. The molecule has 4 N–H and O–H groups in total. The lowest BCUT2D eigenvalue weighted by Crippen LogP contribution is -2.41. The molecule has 0 rings (SSSR count). The normalized spacial score (nSPS) is 13.9. The molecule has 8 heteroatoms. The first-order valence-corrected chi connectivity index (χ1v) is 7.28. The minimum atomic E-state index is -3.15. The van der Waals surface area contributed by atoms with Gasteiger partial charge in [0, 0.05) is 19.6 Å². The van der Waals surface area contributed by atoms with E-state index >= 15 is 0 Å². The number of carbonyl (C=O) groups is 1. The van der Waals surface area contributed by atoms with E-state index in [0.717, 1.165) is 0 Å². The van der Waals surface area contributed by atoms with E-state index in [0.29, 0.717) is 26.1 Å². The molecule has 0 saturated heterocycles. The van der Waals surface area contributed by atoms with Crippen LogP contribution in [0.5, 0.6) is 0 Å². The lowest BCUT2D eigenvalue weighted by atomic mass is 10.3. The van der Waals surface area contributed by atoms with Crippen molar-refractivity contribution in [3.05, 3.63) is 0 Å². The number of nitrogens with zero attached hydrogens (tertiary/aromatic N) is 1. The molecule has 17 heavy (non-hydrogen) atoms. The van der Waals surface area contributed by atoms with Gasteiger partial charge in [-0.15, -0.1) is 0 Å². The third-order valence-electron chi connectivity index (χ3n) is 2.26. The van der Waals surface area contributed by atoms with Gasteiger partial charge in [-0.3, -0.25) is 4.79 Å². The van der Waals surface area contributed by atoms with Gasteiger partial charge < -0.3 is 16.2 Å². The highest BCUT2D eigenvalue weighted by atomic mass is 32.2. The lowest BCUT2D eigenvalue weighted by Gasteiger charge is -2.17. The Balaban J connectivity index is 3.74. The van der Waals surface area contributed by atoms with E-state index in [1.807, 2.05) is 0 Å². The van der Waals surface area contributed by atoms with Gasteiger partial charge in [0.2, 0.25) is 10.0 Å². The Morgan fingerprint density at radius 2 is 2.12 bits per heavy atom. The molecule has 0 aliphatic carbocycles. The molecule has 0 heterocycles. The van der Waals surface area contributed by atoms with Gasteiger partial charge in [-0.25, -0.2) is 12.7 Å². The SMILES string of the molecule is CCN(CCCNCC(N)C(=O)O)S(C)(=O)=O. The molecule has 7 nitrogen and oxygen atoms in total. The number of aliphatic carboxylic acids is 1. The number of carboxylic acids is 1. The summed E-state index contributed by atoms with van der Waals surface area (Å²) in [5.74, 6) is -1.05. The van der Waals surface area contributed by atoms with E-state index in [4.69, 9.17) is 10.8 Å². The van der Waals surface area contributed by atoms with Gasteiger partial charge in [-0.2, -0.15) is 0 Å². The molecule has 1 atom stereocenters. The van der Waals surface area contributed by atoms with Crippen LogP contribution in [0, 0.1) is 0 Å². The quantitative estimate of drug-likeness (QED) is 0.446. The highest BCUT2D eigenvalue weighted by molar-refractivity contribution is 7.88. The zero-order valence-electron chi connectivity index (χ0n) is 10.2. The second-order valence-electron chi connectivity index (χ2n) is 3.76. The van der Waals surface area contributed by atoms with Crippen LogP contribution in [-0.2, 0) is 14.8 Å². The molecule has 0 aliphatic heterocycles. The molecular formula is C9H21N3O4S. The third-order valence-corrected chi connectivity index (χ3v) is 3.64. The first kappa shape index (κ1) is 16.3.